The van der Waals surface area contributed by atoms with Crippen LogP contribution in [-0.2, 0) is 33.2 Å². The zero-order chi connectivity index (χ0) is 27.1. The van der Waals surface area contributed by atoms with E-state index in [-0.39, 0.29) is 17.7 Å². The molecule has 1 amide bonds. The Morgan fingerprint density at radius 1 is 1.05 bits per heavy atom. The Bertz CT molecular complexity index is 1510. The van der Waals surface area contributed by atoms with Crippen LogP contribution >= 0.6 is 0 Å². The van der Waals surface area contributed by atoms with Crippen molar-refractivity contribution in [2.24, 2.45) is 0 Å². The zero-order valence-electron chi connectivity index (χ0n) is 22.9. The van der Waals surface area contributed by atoms with Crippen LogP contribution in [0.2, 0.25) is 0 Å². The van der Waals surface area contributed by atoms with Gasteiger partial charge in [-0.3, -0.25) is 4.79 Å². The summed E-state index contributed by atoms with van der Waals surface area (Å²) in [5, 5.41) is 5.13. The summed E-state index contributed by atoms with van der Waals surface area (Å²) in [5.74, 6) is 0.853. The van der Waals surface area contributed by atoms with E-state index in [0.717, 1.165) is 80.8 Å². The Hall–Kier alpha value is -2.98. The van der Waals surface area contributed by atoms with Crippen LogP contribution in [0.4, 0.5) is 5.82 Å². The normalized spacial score (nSPS) is 20.3. The summed E-state index contributed by atoms with van der Waals surface area (Å²) < 4.78 is 31.9. The van der Waals surface area contributed by atoms with Crippen molar-refractivity contribution in [1.29, 1.82) is 0 Å². The van der Waals surface area contributed by atoms with E-state index in [0.29, 0.717) is 30.9 Å². The maximum absolute atomic E-state index is 14.0. The highest BCUT2D eigenvalue weighted by molar-refractivity contribution is 7.89. The van der Waals surface area contributed by atoms with Gasteiger partial charge in [0.2, 0.25) is 0 Å². The first-order valence-corrected chi connectivity index (χ1v) is 16.2. The molecule has 0 radical (unpaired) electrons. The molecule has 1 atom stereocenters. The molecule has 0 spiro atoms. The van der Waals surface area contributed by atoms with Crippen molar-refractivity contribution in [2.75, 3.05) is 44.0 Å². The Kier molecular flexibility index (Phi) is 7.09. The average molecular weight is 552 g/mol. The topological polar surface area (TPSA) is 97.1 Å². The van der Waals surface area contributed by atoms with Gasteiger partial charge < -0.3 is 14.5 Å². The lowest BCUT2D eigenvalue weighted by Gasteiger charge is -2.35. The smallest absolute Gasteiger partial charge is 0.254 e. The largest absolute Gasteiger partial charge is 0.378 e. The van der Waals surface area contributed by atoms with Crippen LogP contribution in [0, 0.1) is 6.92 Å². The molecule has 1 aliphatic carbocycles. The van der Waals surface area contributed by atoms with Crippen molar-refractivity contribution >= 4 is 27.2 Å². The minimum absolute atomic E-state index is 0.125. The van der Waals surface area contributed by atoms with E-state index >= 15 is 0 Å². The minimum Gasteiger partial charge on any atom is -0.378 e. The maximum Gasteiger partial charge on any atom is 0.254 e. The van der Waals surface area contributed by atoms with Crippen molar-refractivity contribution < 1.29 is 17.9 Å². The van der Waals surface area contributed by atoms with E-state index in [9.17, 15) is 13.2 Å². The molecule has 3 aliphatic rings. The summed E-state index contributed by atoms with van der Waals surface area (Å²) in [6.45, 7) is 5.59. The number of aryl methyl sites for hydroxylation is 2. The monoisotopic (exact) mass is 551 g/mol. The standard InChI is InChI=1S/C29H37N5O4S/c1-20-10-11-21(19-39(2,36)37)23(17-20)29(35)33-12-6-5-9-26(33)25-18-27-30-24-8-4-3-7-22(24)28(34(27)31-25)32-13-15-38-16-14-32/h10-11,17-18,26H,3-9,12-16,19H2,1-2H3/t26-/m0/s1. The van der Waals surface area contributed by atoms with Gasteiger partial charge in [0, 0.05) is 48.8 Å². The number of sulfone groups is 1. The number of morpholine rings is 1. The van der Waals surface area contributed by atoms with Crippen molar-refractivity contribution in [3.05, 3.63) is 57.9 Å². The first kappa shape index (κ1) is 26.3. The molecule has 0 saturated carbocycles. The molecular formula is C29H37N5O4S. The number of rotatable bonds is 5. The molecule has 6 rings (SSSR count). The van der Waals surface area contributed by atoms with Crippen LogP contribution in [0.25, 0.3) is 5.65 Å². The molecule has 0 N–H and O–H groups in total. The number of carbonyl (C=O) groups is 1. The van der Waals surface area contributed by atoms with Gasteiger partial charge in [0.1, 0.15) is 5.82 Å². The van der Waals surface area contributed by atoms with E-state index < -0.39 is 9.84 Å². The summed E-state index contributed by atoms with van der Waals surface area (Å²) in [4.78, 5) is 23.4. The highest BCUT2D eigenvalue weighted by atomic mass is 32.2. The van der Waals surface area contributed by atoms with Crippen LogP contribution in [-0.4, -0.2) is 72.9 Å². The van der Waals surface area contributed by atoms with Gasteiger partial charge in [-0.25, -0.2) is 13.4 Å². The molecule has 39 heavy (non-hydrogen) atoms. The summed E-state index contributed by atoms with van der Waals surface area (Å²) in [5.41, 5.74) is 6.11. The van der Waals surface area contributed by atoms with E-state index in [1.807, 2.05) is 28.5 Å². The number of anilines is 1. The third kappa shape index (κ3) is 5.28. The quantitative estimate of drug-likeness (QED) is 0.477. The van der Waals surface area contributed by atoms with Crippen LogP contribution in [0.3, 0.4) is 0 Å². The predicted octanol–water partition coefficient (Wildman–Crippen LogP) is 3.67. The first-order chi connectivity index (χ1) is 18.8. The van der Waals surface area contributed by atoms with Gasteiger partial charge in [-0.05, 0) is 63.5 Å². The second-order valence-electron chi connectivity index (χ2n) is 11.2. The molecule has 2 aromatic heterocycles. The Balaban J connectivity index is 1.41. The highest BCUT2D eigenvalue weighted by Crippen LogP contribution is 2.36. The Morgan fingerprint density at radius 2 is 1.85 bits per heavy atom. The van der Waals surface area contributed by atoms with Gasteiger partial charge in [0.25, 0.3) is 5.91 Å². The summed E-state index contributed by atoms with van der Waals surface area (Å²) >= 11 is 0. The molecule has 2 saturated heterocycles. The lowest BCUT2D eigenvalue weighted by Crippen LogP contribution is -2.39. The fourth-order valence-electron chi connectivity index (χ4n) is 6.34. The van der Waals surface area contributed by atoms with E-state index in [1.54, 1.807) is 6.07 Å². The molecule has 208 valence electrons. The van der Waals surface area contributed by atoms with Crippen LogP contribution < -0.4 is 4.90 Å². The molecule has 10 heteroatoms. The van der Waals surface area contributed by atoms with E-state index in [2.05, 4.69) is 11.0 Å². The number of ether oxygens (including phenoxy) is 1. The molecule has 9 nitrogen and oxygen atoms in total. The fourth-order valence-corrected chi connectivity index (χ4v) is 7.16. The van der Waals surface area contributed by atoms with Crippen molar-refractivity contribution in [3.8, 4) is 0 Å². The third-order valence-corrected chi connectivity index (χ3v) is 9.03. The number of benzene rings is 1. The number of carbonyl (C=O) groups excluding carboxylic acids is 1. The number of amides is 1. The fraction of sp³-hybridized carbons (Fsp3) is 0.552. The van der Waals surface area contributed by atoms with Gasteiger partial charge in [0.05, 0.1) is 30.7 Å². The average Bonchev–Trinajstić information content (AvgIpc) is 3.35. The second kappa shape index (κ2) is 10.5. The summed E-state index contributed by atoms with van der Waals surface area (Å²) in [6.07, 6.45) is 8.23. The second-order valence-corrected chi connectivity index (χ2v) is 13.4. The van der Waals surface area contributed by atoms with Crippen molar-refractivity contribution in [3.63, 3.8) is 0 Å². The zero-order valence-corrected chi connectivity index (χ0v) is 23.7. The van der Waals surface area contributed by atoms with Gasteiger partial charge in [-0.2, -0.15) is 9.61 Å². The van der Waals surface area contributed by atoms with E-state index in [4.69, 9.17) is 14.8 Å². The van der Waals surface area contributed by atoms with Gasteiger partial charge in [-0.15, -0.1) is 0 Å². The summed E-state index contributed by atoms with van der Waals surface area (Å²) in [6, 6.07) is 7.34. The highest BCUT2D eigenvalue weighted by Gasteiger charge is 2.33. The van der Waals surface area contributed by atoms with Crippen molar-refractivity contribution in [2.45, 2.75) is 63.7 Å². The molecule has 0 bridgehead atoms. The van der Waals surface area contributed by atoms with E-state index in [1.165, 1.54) is 17.5 Å². The molecule has 0 unspecified atom stereocenters. The maximum atomic E-state index is 14.0. The number of piperidine rings is 1. The lowest BCUT2D eigenvalue weighted by molar-refractivity contribution is 0.0604. The number of fused-ring (bicyclic) bond motifs is 2. The number of likely N-dealkylation sites (tertiary alicyclic amines) is 1. The number of nitrogens with zero attached hydrogens (tertiary/aromatic N) is 5. The third-order valence-electron chi connectivity index (χ3n) is 8.20. The molecule has 2 aliphatic heterocycles. The molecule has 2 fully saturated rings. The summed E-state index contributed by atoms with van der Waals surface area (Å²) in [7, 11) is -3.29. The predicted molar refractivity (Wildman–Crippen MR) is 150 cm³/mol. The van der Waals surface area contributed by atoms with Gasteiger partial charge in [0.15, 0.2) is 15.5 Å². The first-order valence-electron chi connectivity index (χ1n) is 14.1. The number of hydrogen-bond donors (Lipinski definition) is 0. The molecule has 4 heterocycles. The molecule has 3 aromatic rings. The number of hydrogen-bond acceptors (Lipinski definition) is 7. The molecule has 1 aromatic carbocycles. The van der Waals surface area contributed by atoms with Gasteiger partial charge >= 0.3 is 0 Å². The van der Waals surface area contributed by atoms with Crippen molar-refractivity contribution in [1.82, 2.24) is 19.5 Å². The van der Waals surface area contributed by atoms with Crippen LogP contribution in [0.15, 0.2) is 24.3 Å². The minimum atomic E-state index is -3.29. The molecular weight excluding hydrogens is 514 g/mol. The SMILES string of the molecule is Cc1ccc(CS(C)(=O)=O)c(C(=O)N2CCCC[C@H]2c2cc3nc4c(c(N5CCOCC5)n3n2)CCCC4)c1. The Morgan fingerprint density at radius 3 is 2.64 bits per heavy atom. The lowest BCUT2D eigenvalue weighted by atomic mass is 9.96. The van der Waals surface area contributed by atoms with Crippen LogP contribution in [0.5, 0.6) is 0 Å². The number of aromatic nitrogens is 3. The van der Waals surface area contributed by atoms with Crippen LogP contribution in [0.1, 0.15) is 76.6 Å². The Labute approximate surface area is 230 Å². The van der Waals surface area contributed by atoms with Gasteiger partial charge in [-0.1, -0.05) is 17.7 Å².